The average molecular weight is 499 g/mol. The van der Waals surface area contributed by atoms with Crippen molar-refractivity contribution in [2.24, 2.45) is 0 Å². The Balaban J connectivity index is 1.21. The van der Waals surface area contributed by atoms with Gasteiger partial charge in [-0.25, -0.2) is 9.59 Å². The molecule has 2 aromatic rings. The molecule has 1 heterocycles. The maximum Gasteiger partial charge on any atom is 0.319 e. The van der Waals surface area contributed by atoms with Gasteiger partial charge in [0, 0.05) is 39.3 Å². The summed E-state index contributed by atoms with van der Waals surface area (Å²) in [4.78, 5) is 29.1. The zero-order valence-electron chi connectivity index (χ0n) is 21.2. The van der Waals surface area contributed by atoms with Gasteiger partial charge in [0.1, 0.15) is 11.5 Å². The van der Waals surface area contributed by atoms with E-state index in [1.54, 1.807) is 14.2 Å². The quantitative estimate of drug-likeness (QED) is 0.335. The summed E-state index contributed by atoms with van der Waals surface area (Å²) < 4.78 is 10.5. The van der Waals surface area contributed by atoms with E-state index >= 15 is 0 Å². The van der Waals surface area contributed by atoms with Crippen LogP contribution in [-0.4, -0.2) is 88.4 Å². The number of rotatable bonds is 12. The highest BCUT2D eigenvalue weighted by molar-refractivity contribution is 5.91. The van der Waals surface area contributed by atoms with Gasteiger partial charge in [0.05, 0.1) is 25.6 Å². The Kier molecular flexibility index (Phi) is 11.1. The van der Waals surface area contributed by atoms with E-state index in [0.29, 0.717) is 36.0 Å². The lowest BCUT2D eigenvalue weighted by Gasteiger charge is -2.34. The van der Waals surface area contributed by atoms with E-state index in [-0.39, 0.29) is 12.1 Å². The number of piperazine rings is 1. The van der Waals surface area contributed by atoms with Gasteiger partial charge in [-0.05, 0) is 50.2 Å². The predicted octanol–water partition coefficient (Wildman–Crippen LogP) is 3.04. The molecule has 196 valence electrons. The molecule has 2 aromatic carbocycles. The Bertz CT molecular complexity index is 887. The first-order chi connectivity index (χ1) is 17.6. The fourth-order valence-electron chi connectivity index (χ4n) is 4.07. The van der Waals surface area contributed by atoms with Crippen LogP contribution in [0.4, 0.5) is 21.0 Å². The van der Waals surface area contributed by atoms with Gasteiger partial charge >= 0.3 is 12.1 Å². The summed E-state index contributed by atoms with van der Waals surface area (Å²) in [5.74, 6) is 1.27. The molecule has 1 fully saturated rings. The number of ether oxygens (including phenoxy) is 2. The van der Waals surface area contributed by atoms with Crippen LogP contribution in [0.3, 0.4) is 0 Å². The number of nitrogens with one attached hydrogen (secondary N) is 4. The molecule has 0 bridgehead atoms. The lowest BCUT2D eigenvalue weighted by atomic mass is 10.2. The second-order valence-electron chi connectivity index (χ2n) is 8.55. The van der Waals surface area contributed by atoms with E-state index in [4.69, 9.17) is 9.47 Å². The Hall–Kier alpha value is -3.50. The molecule has 0 saturated carbocycles. The van der Waals surface area contributed by atoms with Crippen molar-refractivity contribution < 1.29 is 19.1 Å². The molecule has 4 N–H and O–H groups in total. The summed E-state index contributed by atoms with van der Waals surface area (Å²) in [6.07, 6.45) is 1.79. The minimum absolute atomic E-state index is 0.227. The van der Waals surface area contributed by atoms with E-state index in [1.807, 2.05) is 48.5 Å². The number of methoxy groups -OCH3 is 2. The zero-order valence-corrected chi connectivity index (χ0v) is 21.2. The fourth-order valence-corrected chi connectivity index (χ4v) is 4.07. The molecule has 0 unspecified atom stereocenters. The molecule has 10 nitrogen and oxygen atoms in total. The standard InChI is InChI=1S/C26H38N6O4/c1-35-23-11-5-3-9-21(23)29-25(33)27-13-7-15-31-17-19-32(20-18-31)16-8-14-28-26(34)30-22-10-4-6-12-24(22)36-2/h3-6,9-12H,7-8,13-20H2,1-2H3,(H2,27,29,33)(H2,28,30,34). The summed E-state index contributed by atoms with van der Waals surface area (Å²) in [7, 11) is 3.16. The van der Waals surface area contributed by atoms with Crippen molar-refractivity contribution >= 4 is 23.4 Å². The molecule has 0 aliphatic carbocycles. The second-order valence-corrected chi connectivity index (χ2v) is 8.55. The Morgan fingerprint density at radius 1 is 0.694 bits per heavy atom. The monoisotopic (exact) mass is 498 g/mol. The molecular formula is C26H38N6O4. The summed E-state index contributed by atoms with van der Waals surface area (Å²) in [5, 5.41) is 11.5. The number of carbonyl (C=O) groups excluding carboxylic acids is 2. The van der Waals surface area contributed by atoms with Crippen molar-refractivity contribution in [1.29, 1.82) is 0 Å². The second kappa shape index (κ2) is 14.8. The van der Waals surface area contributed by atoms with Crippen LogP contribution in [0.1, 0.15) is 12.8 Å². The molecule has 0 radical (unpaired) electrons. The lowest BCUT2D eigenvalue weighted by molar-refractivity contribution is 0.130. The van der Waals surface area contributed by atoms with Crippen molar-refractivity contribution in [3.8, 4) is 11.5 Å². The van der Waals surface area contributed by atoms with Gasteiger partial charge in [-0.1, -0.05) is 24.3 Å². The van der Waals surface area contributed by atoms with E-state index in [0.717, 1.165) is 52.1 Å². The molecule has 3 rings (SSSR count). The summed E-state index contributed by atoms with van der Waals surface area (Å²) in [5.41, 5.74) is 1.31. The van der Waals surface area contributed by atoms with E-state index in [9.17, 15) is 9.59 Å². The molecule has 0 spiro atoms. The zero-order chi connectivity index (χ0) is 25.6. The minimum Gasteiger partial charge on any atom is -0.495 e. The first-order valence-electron chi connectivity index (χ1n) is 12.4. The topological polar surface area (TPSA) is 107 Å². The van der Waals surface area contributed by atoms with Crippen LogP contribution >= 0.6 is 0 Å². The van der Waals surface area contributed by atoms with Crippen LogP contribution in [-0.2, 0) is 0 Å². The molecule has 36 heavy (non-hydrogen) atoms. The maximum atomic E-state index is 12.1. The third kappa shape index (κ3) is 8.94. The van der Waals surface area contributed by atoms with Crippen LogP contribution < -0.4 is 30.7 Å². The van der Waals surface area contributed by atoms with Crippen molar-refractivity contribution in [3.63, 3.8) is 0 Å². The summed E-state index contributed by atoms with van der Waals surface area (Å²) in [6.45, 7) is 7.17. The van der Waals surface area contributed by atoms with E-state index in [1.165, 1.54) is 0 Å². The largest absolute Gasteiger partial charge is 0.495 e. The van der Waals surface area contributed by atoms with Gasteiger partial charge in [-0.3, -0.25) is 0 Å². The van der Waals surface area contributed by atoms with Gasteiger partial charge in [-0.2, -0.15) is 0 Å². The van der Waals surface area contributed by atoms with Crippen LogP contribution in [0.5, 0.6) is 11.5 Å². The van der Waals surface area contributed by atoms with Gasteiger partial charge in [0.25, 0.3) is 0 Å². The lowest BCUT2D eigenvalue weighted by Crippen LogP contribution is -2.47. The highest BCUT2D eigenvalue weighted by atomic mass is 16.5. The summed E-state index contributed by atoms with van der Waals surface area (Å²) >= 11 is 0. The molecule has 1 saturated heterocycles. The van der Waals surface area contributed by atoms with Gasteiger partial charge in [0.15, 0.2) is 0 Å². The number of nitrogens with zero attached hydrogens (tertiary/aromatic N) is 2. The Morgan fingerprint density at radius 2 is 1.08 bits per heavy atom. The molecule has 1 aliphatic heterocycles. The van der Waals surface area contributed by atoms with Gasteiger partial charge in [0.2, 0.25) is 0 Å². The first-order valence-corrected chi connectivity index (χ1v) is 12.4. The summed E-state index contributed by atoms with van der Waals surface area (Å²) in [6, 6.07) is 14.2. The molecule has 0 aromatic heterocycles. The number of benzene rings is 2. The third-order valence-electron chi connectivity index (χ3n) is 6.05. The van der Waals surface area contributed by atoms with E-state index < -0.39 is 0 Å². The number of para-hydroxylation sites is 4. The first kappa shape index (κ1) is 27.1. The molecule has 10 heteroatoms. The Morgan fingerprint density at radius 3 is 1.47 bits per heavy atom. The van der Waals surface area contributed by atoms with Gasteiger partial charge < -0.3 is 40.5 Å². The minimum atomic E-state index is -0.227. The van der Waals surface area contributed by atoms with Crippen LogP contribution in [0.25, 0.3) is 0 Å². The maximum absolute atomic E-state index is 12.1. The molecule has 4 amide bonds. The van der Waals surface area contributed by atoms with Crippen LogP contribution in [0.15, 0.2) is 48.5 Å². The SMILES string of the molecule is COc1ccccc1NC(=O)NCCCN1CCN(CCCNC(=O)Nc2ccccc2OC)CC1. The normalized spacial score (nSPS) is 14.1. The van der Waals surface area contributed by atoms with E-state index in [2.05, 4.69) is 31.1 Å². The van der Waals surface area contributed by atoms with Crippen molar-refractivity contribution in [3.05, 3.63) is 48.5 Å². The Labute approximate surface area is 213 Å². The smallest absolute Gasteiger partial charge is 0.319 e. The predicted molar refractivity (Wildman–Crippen MR) is 142 cm³/mol. The number of carbonyl (C=O) groups is 2. The number of urea groups is 2. The highest BCUT2D eigenvalue weighted by Crippen LogP contribution is 2.23. The van der Waals surface area contributed by atoms with Gasteiger partial charge in [-0.15, -0.1) is 0 Å². The fraction of sp³-hybridized carbons (Fsp3) is 0.462. The highest BCUT2D eigenvalue weighted by Gasteiger charge is 2.16. The van der Waals surface area contributed by atoms with Crippen molar-refractivity contribution in [2.45, 2.75) is 12.8 Å². The molecule has 0 atom stereocenters. The number of hydrogen-bond acceptors (Lipinski definition) is 6. The van der Waals surface area contributed by atoms with Crippen molar-refractivity contribution in [2.75, 3.05) is 77.2 Å². The van der Waals surface area contributed by atoms with Crippen LogP contribution in [0.2, 0.25) is 0 Å². The van der Waals surface area contributed by atoms with Crippen LogP contribution in [0, 0.1) is 0 Å². The number of amides is 4. The number of anilines is 2. The van der Waals surface area contributed by atoms with Crippen molar-refractivity contribution in [1.82, 2.24) is 20.4 Å². The third-order valence-corrected chi connectivity index (χ3v) is 6.05. The molecular weight excluding hydrogens is 460 g/mol. The molecule has 1 aliphatic rings. The number of hydrogen-bond donors (Lipinski definition) is 4. The average Bonchev–Trinajstić information content (AvgIpc) is 2.90.